The highest BCUT2D eigenvalue weighted by Crippen LogP contribution is 2.30. The maximum Gasteiger partial charge on any atom is 0.338 e. The van der Waals surface area contributed by atoms with Crippen molar-refractivity contribution in [2.45, 2.75) is 25.7 Å². The van der Waals surface area contributed by atoms with Crippen molar-refractivity contribution in [3.05, 3.63) is 59.4 Å². The van der Waals surface area contributed by atoms with Gasteiger partial charge in [-0.05, 0) is 54.5 Å². The first-order valence-corrected chi connectivity index (χ1v) is 8.92. The molecule has 0 N–H and O–H groups in total. The highest BCUT2D eigenvalue weighted by molar-refractivity contribution is 5.92. The molecule has 1 fully saturated rings. The molecule has 5 nitrogen and oxygen atoms in total. The summed E-state index contributed by atoms with van der Waals surface area (Å²) >= 11 is 0. The Labute approximate surface area is 152 Å². The van der Waals surface area contributed by atoms with Crippen molar-refractivity contribution >= 4 is 11.5 Å². The fraction of sp³-hybridized carbons (Fsp3) is 0.333. The largest absolute Gasteiger partial charge is 0.465 e. The smallest absolute Gasteiger partial charge is 0.338 e. The molecule has 134 valence electrons. The van der Waals surface area contributed by atoms with Gasteiger partial charge in [-0.25, -0.2) is 9.31 Å². The molecule has 0 unspecified atom stereocenters. The van der Waals surface area contributed by atoms with Crippen LogP contribution in [0.1, 0.15) is 40.2 Å². The first kappa shape index (κ1) is 16.8. The Bertz CT molecular complexity index is 955. The first-order valence-electron chi connectivity index (χ1n) is 8.92. The number of hydrogen-bond acceptors (Lipinski definition) is 4. The third-order valence-electron chi connectivity index (χ3n) is 5.17. The molecule has 0 atom stereocenters. The summed E-state index contributed by atoms with van der Waals surface area (Å²) in [4.78, 5) is 11.8. The monoisotopic (exact) mass is 350 g/mol. The van der Waals surface area contributed by atoms with Crippen LogP contribution in [0.3, 0.4) is 0 Å². The SMILES string of the molecule is COC(=O)c1ccc(-c2cnn3cc(C4CCOCC4)ccc23)cc1C. The van der Waals surface area contributed by atoms with Crippen LogP contribution in [0.15, 0.2) is 42.7 Å². The summed E-state index contributed by atoms with van der Waals surface area (Å²) in [6, 6.07) is 10.1. The van der Waals surface area contributed by atoms with Gasteiger partial charge in [0.05, 0.1) is 24.4 Å². The summed E-state index contributed by atoms with van der Waals surface area (Å²) in [6.07, 6.45) is 6.14. The van der Waals surface area contributed by atoms with Gasteiger partial charge in [0.25, 0.3) is 0 Å². The lowest BCUT2D eigenvalue weighted by Gasteiger charge is -2.22. The number of ether oxygens (including phenoxy) is 2. The lowest BCUT2D eigenvalue weighted by molar-refractivity contribution is 0.0600. The van der Waals surface area contributed by atoms with E-state index in [0.29, 0.717) is 11.5 Å². The number of carbonyl (C=O) groups is 1. The number of pyridine rings is 1. The zero-order chi connectivity index (χ0) is 18.1. The van der Waals surface area contributed by atoms with E-state index in [4.69, 9.17) is 9.47 Å². The van der Waals surface area contributed by atoms with Crippen LogP contribution in [0.4, 0.5) is 0 Å². The third-order valence-corrected chi connectivity index (χ3v) is 5.17. The van der Waals surface area contributed by atoms with E-state index in [1.165, 1.54) is 12.7 Å². The van der Waals surface area contributed by atoms with Crippen LogP contribution in [0.5, 0.6) is 0 Å². The quantitative estimate of drug-likeness (QED) is 0.670. The van der Waals surface area contributed by atoms with Crippen molar-refractivity contribution in [3.63, 3.8) is 0 Å². The van der Waals surface area contributed by atoms with E-state index >= 15 is 0 Å². The standard InChI is InChI=1S/C21H22N2O3/c1-14-11-16(3-5-18(14)21(24)25-2)19-12-22-23-13-17(4-6-20(19)23)15-7-9-26-10-8-15/h3-6,11-13,15H,7-10H2,1-2H3. The molecular weight excluding hydrogens is 328 g/mol. The second kappa shape index (κ2) is 6.92. The van der Waals surface area contributed by atoms with Gasteiger partial charge in [0.15, 0.2) is 0 Å². The predicted octanol–water partition coefficient (Wildman–Crippen LogP) is 3.99. The highest BCUT2D eigenvalue weighted by Gasteiger charge is 2.17. The molecule has 0 amide bonds. The molecule has 0 aliphatic carbocycles. The van der Waals surface area contributed by atoms with Gasteiger partial charge >= 0.3 is 5.97 Å². The second-order valence-electron chi connectivity index (χ2n) is 6.76. The van der Waals surface area contributed by atoms with E-state index in [2.05, 4.69) is 23.4 Å². The third kappa shape index (κ3) is 2.99. The van der Waals surface area contributed by atoms with Gasteiger partial charge in [0, 0.05) is 25.0 Å². The summed E-state index contributed by atoms with van der Waals surface area (Å²) in [5.74, 6) is 0.234. The number of aryl methyl sites for hydroxylation is 1. The number of rotatable bonds is 3. The van der Waals surface area contributed by atoms with E-state index in [1.807, 2.05) is 35.8 Å². The molecule has 26 heavy (non-hydrogen) atoms. The van der Waals surface area contributed by atoms with Crippen molar-refractivity contribution in [1.29, 1.82) is 0 Å². The van der Waals surface area contributed by atoms with Crippen molar-refractivity contribution in [2.24, 2.45) is 0 Å². The molecule has 2 aromatic heterocycles. The van der Waals surface area contributed by atoms with Crippen molar-refractivity contribution in [2.75, 3.05) is 20.3 Å². The van der Waals surface area contributed by atoms with Crippen LogP contribution < -0.4 is 0 Å². The Morgan fingerprint density at radius 1 is 1.23 bits per heavy atom. The minimum atomic E-state index is -0.310. The van der Waals surface area contributed by atoms with Crippen molar-refractivity contribution in [1.82, 2.24) is 9.61 Å². The lowest BCUT2D eigenvalue weighted by Crippen LogP contribution is -2.14. The zero-order valence-corrected chi connectivity index (χ0v) is 15.1. The summed E-state index contributed by atoms with van der Waals surface area (Å²) in [6.45, 7) is 3.59. The molecule has 3 aromatic rings. The van der Waals surface area contributed by atoms with Crippen LogP contribution >= 0.6 is 0 Å². The highest BCUT2D eigenvalue weighted by atomic mass is 16.5. The average molecular weight is 350 g/mol. The molecule has 5 heteroatoms. The van der Waals surface area contributed by atoms with Crippen LogP contribution in [-0.4, -0.2) is 35.9 Å². The van der Waals surface area contributed by atoms with Crippen LogP contribution in [0, 0.1) is 6.92 Å². The number of carbonyl (C=O) groups excluding carboxylic acids is 1. The minimum absolute atomic E-state index is 0.310. The van der Waals surface area contributed by atoms with Gasteiger partial charge in [0.1, 0.15) is 0 Å². The number of methoxy groups -OCH3 is 1. The molecule has 0 radical (unpaired) electrons. The number of benzene rings is 1. The van der Waals surface area contributed by atoms with Gasteiger partial charge in [0.2, 0.25) is 0 Å². The van der Waals surface area contributed by atoms with E-state index < -0.39 is 0 Å². The van der Waals surface area contributed by atoms with E-state index in [9.17, 15) is 4.79 Å². The topological polar surface area (TPSA) is 52.8 Å². The number of nitrogens with zero attached hydrogens (tertiary/aromatic N) is 2. The number of esters is 1. The fourth-order valence-corrected chi connectivity index (χ4v) is 3.67. The van der Waals surface area contributed by atoms with Crippen molar-refractivity contribution in [3.8, 4) is 11.1 Å². The Morgan fingerprint density at radius 2 is 2.04 bits per heavy atom. The normalized spacial score (nSPS) is 15.3. The fourth-order valence-electron chi connectivity index (χ4n) is 3.67. The Kier molecular flexibility index (Phi) is 4.47. The summed E-state index contributed by atoms with van der Waals surface area (Å²) in [7, 11) is 1.40. The summed E-state index contributed by atoms with van der Waals surface area (Å²) in [5.41, 5.74) is 5.97. The number of fused-ring (bicyclic) bond motifs is 1. The lowest BCUT2D eigenvalue weighted by atomic mass is 9.93. The number of aromatic nitrogens is 2. The molecule has 0 bridgehead atoms. The molecule has 1 aromatic carbocycles. The average Bonchev–Trinajstić information content (AvgIpc) is 3.11. The van der Waals surface area contributed by atoms with E-state index in [1.54, 1.807) is 0 Å². The van der Waals surface area contributed by atoms with Gasteiger partial charge < -0.3 is 9.47 Å². The Balaban J connectivity index is 1.69. The first-order chi connectivity index (χ1) is 12.7. The molecule has 0 spiro atoms. The number of hydrogen-bond donors (Lipinski definition) is 0. The molecule has 4 rings (SSSR count). The van der Waals surface area contributed by atoms with Gasteiger partial charge in [-0.1, -0.05) is 18.2 Å². The molecule has 1 saturated heterocycles. The van der Waals surface area contributed by atoms with Gasteiger partial charge in [-0.15, -0.1) is 0 Å². The van der Waals surface area contributed by atoms with Gasteiger partial charge in [-0.3, -0.25) is 0 Å². The van der Waals surface area contributed by atoms with Crippen LogP contribution in [0.2, 0.25) is 0 Å². The maximum atomic E-state index is 11.8. The van der Waals surface area contributed by atoms with Crippen LogP contribution in [0.25, 0.3) is 16.6 Å². The zero-order valence-electron chi connectivity index (χ0n) is 15.1. The molecule has 1 aliphatic heterocycles. The maximum absolute atomic E-state index is 11.8. The van der Waals surface area contributed by atoms with E-state index in [0.717, 1.165) is 48.3 Å². The summed E-state index contributed by atoms with van der Waals surface area (Å²) < 4.78 is 12.2. The summed E-state index contributed by atoms with van der Waals surface area (Å²) in [5, 5.41) is 4.55. The van der Waals surface area contributed by atoms with Crippen molar-refractivity contribution < 1.29 is 14.3 Å². The predicted molar refractivity (Wildman–Crippen MR) is 99.5 cm³/mol. The minimum Gasteiger partial charge on any atom is -0.465 e. The molecule has 3 heterocycles. The van der Waals surface area contributed by atoms with Gasteiger partial charge in [-0.2, -0.15) is 5.10 Å². The molecule has 1 aliphatic rings. The Morgan fingerprint density at radius 3 is 2.77 bits per heavy atom. The van der Waals surface area contributed by atoms with Crippen LogP contribution in [-0.2, 0) is 9.47 Å². The Hall–Kier alpha value is -2.66. The molecular formula is C21H22N2O3. The molecule has 0 saturated carbocycles. The van der Waals surface area contributed by atoms with E-state index in [-0.39, 0.29) is 5.97 Å². The second-order valence-corrected chi connectivity index (χ2v) is 6.76.